The lowest BCUT2D eigenvalue weighted by atomic mass is 10.1. The molecule has 0 saturated carbocycles. The highest BCUT2D eigenvalue weighted by atomic mass is 35.5. The minimum absolute atomic E-state index is 0.124. The van der Waals surface area contributed by atoms with Crippen LogP contribution in [0, 0.1) is 0 Å². The normalized spacial score (nSPS) is 11.0. The molecular weight excluding hydrogens is 354 g/mol. The molecule has 0 saturated heterocycles. The zero-order valence-electron chi connectivity index (χ0n) is 12.9. The van der Waals surface area contributed by atoms with E-state index in [4.69, 9.17) is 11.6 Å². The van der Waals surface area contributed by atoms with Gasteiger partial charge in [0.1, 0.15) is 0 Å². The molecule has 24 heavy (non-hydrogen) atoms. The number of rotatable bonds is 4. The maximum Gasteiger partial charge on any atom is 0.339 e. The van der Waals surface area contributed by atoms with Gasteiger partial charge in [-0.25, -0.2) is 13.2 Å². The number of carbonyl (C=O) groups is 2. The number of carbonyl (C=O) groups excluding carboxylic acids is 2. The zero-order chi connectivity index (χ0) is 17.9. The lowest BCUT2D eigenvalue weighted by Crippen LogP contribution is -2.13. The summed E-state index contributed by atoms with van der Waals surface area (Å²) in [5, 5.41) is 2.81. The highest BCUT2D eigenvalue weighted by Crippen LogP contribution is 2.22. The van der Waals surface area contributed by atoms with E-state index in [1.165, 1.54) is 49.6 Å². The van der Waals surface area contributed by atoms with Gasteiger partial charge in [0, 0.05) is 17.5 Å². The molecule has 2 aromatic rings. The van der Waals surface area contributed by atoms with Gasteiger partial charge < -0.3 is 10.1 Å². The van der Waals surface area contributed by atoms with Crippen LogP contribution in [0.2, 0.25) is 5.02 Å². The first kappa shape index (κ1) is 18.0. The van der Waals surface area contributed by atoms with Gasteiger partial charge in [0.25, 0.3) is 5.91 Å². The number of methoxy groups -OCH3 is 1. The van der Waals surface area contributed by atoms with Crippen molar-refractivity contribution in [2.75, 3.05) is 18.7 Å². The van der Waals surface area contributed by atoms with Crippen LogP contribution in [0.4, 0.5) is 5.69 Å². The lowest BCUT2D eigenvalue weighted by Gasteiger charge is -2.08. The highest BCUT2D eigenvalue weighted by molar-refractivity contribution is 7.90. The number of anilines is 1. The maximum absolute atomic E-state index is 12.2. The lowest BCUT2D eigenvalue weighted by molar-refractivity contribution is 0.0600. The number of ether oxygens (including phenoxy) is 1. The van der Waals surface area contributed by atoms with E-state index in [-0.39, 0.29) is 21.0 Å². The zero-order valence-corrected chi connectivity index (χ0v) is 14.4. The average molecular weight is 368 g/mol. The summed E-state index contributed by atoms with van der Waals surface area (Å²) in [6.45, 7) is 0. The fraction of sp³-hybridized carbons (Fsp3) is 0.125. The summed E-state index contributed by atoms with van der Waals surface area (Å²) in [7, 11) is -2.10. The van der Waals surface area contributed by atoms with E-state index in [0.29, 0.717) is 5.69 Å². The molecule has 0 heterocycles. The second-order valence-corrected chi connectivity index (χ2v) is 7.36. The quantitative estimate of drug-likeness (QED) is 0.839. The molecule has 0 bridgehead atoms. The van der Waals surface area contributed by atoms with Crippen molar-refractivity contribution in [2.45, 2.75) is 4.90 Å². The molecular formula is C16H14ClNO5S. The molecule has 0 aliphatic carbocycles. The standard InChI is InChI=1S/C16H14ClNO5S/c1-23-16(20)13-9-11(5-8-14(13)17)18-15(19)10-3-6-12(7-4-10)24(2,21)22/h3-9H,1-2H3,(H,18,19). The van der Waals surface area contributed by atoms with E-state index in [1.54, 1.807) is 0 Å². The number of benzene rings is 2. The first-order chi connectivity index (χ1) is 11.2. The molecule has 0 radical (unpaired) electrons. The molecule has 126 valence electrons. The summed E-state index contributed by atoms with van der Waals surface area (Å²) in [6, 6.07) is 9.92. The summed E-state index contributed by atoms with van der Waals surface area (Å²) in [6.07, 6.45) is 1.09. The Kier molecular flexibility index (Phi) is 5.26. The third-order valence-corrected chi connectivity index (χ3v) is 4.63. The van der Waals surface area contributed by atoms with Crippen molar-refractivity contribution in [3.63, 3.8) is 0 Å². The molecule has 6 nitrogen and oxygen atoms in total. The van der Waals surface area contributed by atoms with Crippen LogP contribution in [-0.2, 0) is 14.6 Å². The van der Waals surface area contributed by atoms with Crippen molar-refractivity contribution >= 4 is 39.0 Å². The molecule has 1 amide bonds. The van der Waals surface area contributed by atoms with E-state index in [1.807, 2.05) is 0 Å². The Hall–Kier alpha value is -2.38. The molecule has 8 heteroatoms. The fourth-order valence-corrected chi connectivity index (χ4v) is 2.75. The Labute approximate surface area is 144 Å². The summed E-state index contributed by atoms with van der Waals surface area (Å²) in [5.74, 6) is -1.07. The van der Waals surface area contributed by atoms with Crippen molar-refractivity contribution in [1.82, 2.24) is 0 Å². The third kappa shape index (κ3) is 4.12. The molecule has 0 aliphatic rings. The number of hydrogen-bond donors (Lipinski definition) is 1. The van der Waals surface area contributed by atoms with Crippen molar-refractivity contribution in [2.24, 2.45) is 0 Å². The van der Waals surface area contributed by atoms with Crippen LogP contribution in [0.25, 0.3) is 0 Å². The molecule has 0 aliphatic heterocycles. The largest absolute Gasteiger partial charge is 0.465 e. The topological polar surface area (TPSA) is 89.5 Å². The van der Waals surface area contributed by atoms with E-state index < -0.39 is 21.7 Å². The Morgan fingerprint density at radius 1 is 1.08 bits per heavy atom. The maximum atomic E-state index is 12.2. The average Bonchev–Trinajstić information content (AvgIpc) is 2.55. The number of esters is 1. The summed E-state index contributed by atoms with van der Waals surface area (Å²) in [4.78, 5) is 23.9. The molecule has 0 fully saturated rings. The second-order valence-electron chi connectivity index (χ2n) is 4.94. The van der Waals surface area contributed by atoms with Crippen molar-refractivity contribution < 1.29 is 22.7 Å². The van der Waals surface area contributed by atoms with Crippen LogP contribution >= 0.6 is 11.6 Å². The van der Waals surface area contributed by atoms with Gasteiger partial charge in [0.2, 0.25) is 0 Å². The van der Waals surface area contributed by atoms with Crippen LogP contribution in [0.3, 0.4) is 0 Å². The Balaban J connectivity index is 2.22. The Morgan fingerprint density at radius 3 is 2.25 bits per heavy atom. The molecule has 0 aromatic heterocycles. The monoisotopic (exact) mass is 367 g/mol. The number of halogens is 1. The molecule has 2 rings (SSSR count). The van der Waals surface area contributed by atoms with E-state index in [0.717, 1.165) is 6.26 Å². The van der Waals surface area contributed by atoms with Crippen LogP contribution in [-0.4, -0.2) is 33.7 Å². The van der Waals surface area contributed by atoms with E-state index >= 15 is 0 Å². The van der Waals surface area contributed by atoms with Gasteiger partial charge in [-0.2, -0.15) is 0 Å². The van der Waals surface area contributed by atoms with Crippen LogP contribution in [0.15, 0.2) is 47.4 Å². The van der Waals surface area contributed by atoms with Crippen LogP contribution in [0.5, 0.6) is 0 Å². The number of amides is 1. The van der Waals surface area contributed by atoms with Gasteiger partial charge in [-0.3, -0.25) is 4.79 Å². The summed E-state index contributed by atoms with van der Waals surface area (Å²) < 4.78 is 27.4. The smallest absolute Gasteiger partial charge is 0.339 e. The first-order valence-electron chi connectivity index (χ1n) is 6.71. The summed E-state index contributed by atoms with van der Waals surface area (Å²) in [5.41, 5.74) is 0.762. The SMILES string of the molecule is COC(=O)c1cc(NC(=O)c2ccc(S(C)(=O)=O)cc2)ccc1Cl. The van der Waals surface area contributed by atoms with Crippen molar-refractivity contribution in [3.8, 4) is 0 Å². The van der Waals surface area contributed by atoms with Gasteiger partial charge >= 0.3 is 5.97 Å². The number of sulfone groups is 1. The predicted octanol–water partition coefficient (Wildman–Crippen LogP) is 2.78. The van der Waals surface area contributed by atoms with Gasteiger partial charge in [-0.15, -0.1) is 0 Å². The summed E-state index contributed by atoms with van der Waals surface area (Å²) >= 11 is 5.91. The number of nitrogens with one attached hydrogen (secondary N) is 1. The van der Waals surface area contributed by atoms with Gasteiger partial charge in [0.05, 0.1) is 22.6 Å². The van der Waals surface area contributed by atoms with E-state index in [9.17, 15) is 18.0 Å². The predicted molar refractivity (Wildman–Crippen MR) is 90.3 cm³/mol. The molecule has 0 atom stereocenters. The van der Waals surface area contributed by atoms with E-state index in [2.05, 4.69) is 10.1 Å². The van der Waals surface area contributed by atoms with Gasteiger partial charge in [0.15, 0.2) is 9.84 Å². The molecule has 1 N–H and O–H groups in total. The Bertz CT molecular complexity index is 891. The van der Waals surface area contributed by atoms with Crippen LogP contribution < -0.4 is 5.32 Å². The highest BCUT2D eigenvalue weighted by Gasteiger charge is 2.14. The molecule has 2 aromatic carbocycles. The van der Waals surface area contributed by atoms with Crippen molar-refractivity contribution in [1.29, 1.82) is 0 Å². The first-order valence-corrected chi connectivity index (χ1v) is 8.98. The second kappa shape index (κ2) is 7.02. The van der Waals surface area contributed by atoms with Gasteiger partial charge in [-0.1, -0.05) is 11.6 Å². The fourth-order valence-electron chi connectivity index (χ4n) is 1.93. The van der Waals surface area contributed by atoms with Crippen LogP contribution in [0.1, 0.15) is 20.7 Å². The molecule has 0 spiro atoms. The van der Waals surface area contributed by atoms with Gasteiger partial charge in [-0.05, 0) is 42.5 Å². The Morgan fingerprint density at radius 2 is 1.71 bits per heavy atom. The van der Waals surface area contributed by atoms with Crippen molar-refractivity contribution in [3.05, 3.63) is 58.6 Å². The minimum atomic E-state index is -3.32. The third-order valence-electron chi connectivity index (χ3n) is 3.17. The molecule has 0 unspecified atom stereocenters. The number of hydrogen-bond acceptors (Lipinski definition) is 5. The minimum Gasteiger partial charge on any atom is -0.465 e.